The molecule has 0 radical (unpaired) electrons. The van der Waals surface area contributed by atoms with Gasteiger partial charge in [-0.15, -0.1) is 0 Å². The van der Waals surface area contributed by atoms with Gasteiger partial charge in [-0.25, -0.2) is 0 Å². The van der Waals surface area contributed by atoms with Crippen molar-refractivity contribution in [1.82, 2.24) is 0 Å². The van der Waals surface area contributed by atoms with Gasteiger partial charge in [-0.3, -0.25) is 4.79 Å². The third-order valence-corrected chi connectivity index (χ3v) is 2.51. The summed E-state index contributed by atoms with van der Waals surface area (Å²) in [7, 11) is 0. The van der Waals surface area contributed by atoms with Crippen LogP contribution in [-0.4, -0.2) is 5.11 Å². The molecular formula is C14H12O2. The Labute approximate surface area is 93.8 Å². The van der Waals surface area contributed by atoms with Crippen molar-refractivity contribution in [2.24, 2.45) is 0 Å². The highest BCUT2D eigenvalue weighted by Gasteiger charge is 2.01. The van der Waals surface area contributed by atoms with Crippen LogP contribution in [0.15, 0.2) is 53.3 Å². The molecule has 0 saturated carbocycles. The minimum absolute atomic E-state index is 0.179. The van der Waals surface area contributed by atoms with E-state index in [0.29, 0.717) is 5.56 Å². The number of hydrogen-bond donors (Lipinski definition) is 1. The predicted octanol–water partition coefficient (Wildman–Crippen LogP) is 2.73. The Hall–Kier alpha value is -2.09. The summed E-state index contributed by atoms with van der Waals surface area (Å²) in [6.45, 7) is 1.71. The molecule has 80 valence electrons. The topological polar surface area (TPSA) is 37.3 Å². The van der Waals surface area contributed by atoms with Gasteiger partial charge in [0.2, 0.25) is 5.43 Å². The van der Waals surface area contributed by atoms with Crippen LogP contribution in [0.3, 0.4) is 0 Å². The Morgan fingerprint density at radius 2 is 1.62 bits per heavy atom. The quantitative estimate of drug-likeness (QED) is 0.789. The Balaban J connectivity index is 2.66. The first-order valence-electron chi connectivity index (χ1n) is 5.08. The largest absolute Gasteiger partial charge is 0.504 e. The zero-order valence-corrected chi connectivity index (χ0v) is 8.97. The summed E-state index contributed by atoms with van der Waals surface area (Å²) < 4.78 is 0. The van der Waals surface area contributed by atoms with E-state index >= 15 is 0 Å². The molecule has 0 aliphatic carbocycles. The van der Waals surface area contributed by atoms with Crippen molar-refractivity contribution in [3.8, 4) is 16.9 Å². The van der Waals surface area contributed by atoms with Gasteiger partial charge in [-0.05, 0) is 29.7 Å². The smallest absolute Gasteiger partial charge is 0.221 e. The molecule has 0 fully saturated rings. The van der Waals surface area contributed by atoms with Gasteiger partial charge in [-0.1, -0.05) is 42.5 Å². The van der Waals surface area contributed by atoms with Crippen molar-refractivity contribution < 1.29 is 5.11 Å². The van der Waals surface area contributed by atoms with Crippen molar-refractivity contribution in [1.29, 1.82) is 0 Å². The summed E-state index contributed by atoms with van der Waals surface area (Å²) in [6.07, 6.45) is 0. The molecule has 1 N–H and O–H groups in total. The Kier molecular flexibility index (Phi) is 2.73. The minimum Gasteiger partial charge on any atom is -0.504 e. The molecule has 0 heterocycles. The van der Waals surface area contributed by atoms with Crippen LogP contribution in [0.25, 0.3) is 11.1 Å². The first kappa shape index (κ1) is 10.4. The molecule has 0 saturated heterocycles. The average Bonchev–Trinajstić information content (AvgIpc) is 2.44. The van der Waals surface area contributed by atoms with E-state index in [-0.39, 0.29) is 11.2 Å². The van der Waals surface area contributed by atoms with Crippen LogP contribution >= 0.6 is 0 Å². The van der Waals surface area contributed by atoms with Crippen LogP contribution in [-0.2, 0) is 0 Å². The van der Waals surface area contributed by atoms with E-state index in [1.54, 1.807) is 13.0 Å². The van der Waals surface area contributed by atoms with Crippen LogP contribution in [0.2, 0.25) is 0 Å². The summed E-state index contributed by atoms with van der Waals surface area (Å²) in [5.41, 5.74) is 2.03. The molecule has 0 aliphatic rings. The standard InChI is InChI=1S/C14H12O2/c1-10-7-8-12(9-13(15)14(10)16)11-5-3-2-4-6-11/h2-9H,1H3,(H,15,16). The predicted molar refractivity (Wildman–Crippen MR) is 64.5 cm³/mol. The number of aromatic hydroxyl groups is 1. The molecule has 0 aliphatic heterocycles. The number of rotatable bonds is 1. The first-order chi connectivity index (χ1) is 7.68. The second-order valence-electron chi connectivity index (χ2n) is 3.69. The Morgan fingerprint density at radius 1 is 0.938 bits per heavy atom. The fourth-order valence-corrected chi connectivity index (χ4v) is 1.56. The first-order valence-corrected chi connectivity index (χ1v) is 5.08. The van der Waals surface area contributed by atoms with Crippen molar-refractivity contribution in [2.75, 3.05) is 0 Å². The van der Waals surface area contributed by atoms with Crippen molar-refractivity contribution in [3.63, 3.8) is 0 Å². The molecule has 0 unspecified atom stereocenters. The van der Waals surface area contributed by atoms with Gasteiger partial charge >= 0.3 is 0 Å². The molecular weight excluding hydrogens is 200 g/mol. The van der Waals surface area contributed by atoms with Gasteiger partial charge in [-0.2, -0.15) is 0 Å². The molecule has 2 rings (SSSR count). The fraction of sp³-hybridized carbons (Fsp3) is 0.0714. The molecule has 0 bridgehead atoms. The van der Waals surface area contributed by atoms with E-state index in [1.807, 2.05) is 36.4 Å². The number of hydrogen-bond acceptors (Lipinski definition) is 2. The molecule has 2 nitrogen and oxygen atoms in total. The van der Waals surface area contributed by atoms with Gasteiger partial charge < -0.3 is 5.11 Å². The maximum atomic E-state index is 11.6. The summed E-state index contributed by atoms with van der Waals surface area (Å²) in [6, 6.07) is 14.7. The monoisotopic (exact) mass is 212 g/mol. The van der Waals surface area contributed by atoms with E-state index in [0.717, 1.165) is 11.1 Å². The maximum Gasteiger partial charge on any atom is 0.221 e. The molecule has 0 amide bonds. The van der Waals surface area contributed by atoms with Crippen molar-refractivity contribution in [2.45, 2.75) is 6.92 Å². The number of benzene rings is 1. The molecule has 0 atom stereocenters. The molecule has 2 heteroatoms. The summed E-state index contributed by atoms with van der Waals surface area (Å²) >= 11 is 0. The molecule has 0 aromatic heterocycles. The lowest BCUT2D eigenvalue weighted by atomic mass is 10.1. The summed E-state index contributed by atoms with van der Waals surface area (Å²) in [5, 5.41) is 9.53. The van der Waals surface area contributed by atoms with E-state index in [9.17, 15) is 9.90 Å². The van der Waals surface area contributed by atoms with Crippen molar-refractivity contribution >= 4 is 0 Å². The van der Waals surface area contributed by atoms with Crippen LogP contribution in [0.1, 0.15) is 5.56 Å². The van der Waals surface area contributed by atoms with Crippen molar-refractivity contribution in [3.05, 3.63) is 64.3 Å². The average molecular weight is 212 g/mol. The highest BCUT2D eigenvalue weighted by Crippen LogP contribution is 2.18. The van der Waals surface area contributed by atoms with Gasteiger partial charge in [0, 0.05) is 0 Å². The normalized spacial score (nSPS) is 10.1. The summed E-state index contributed by atoms with van der Waals surface area (Å²) in [4.78, 5) is 11.6. The lowest BCUT2D eigenvalue weighted by Gasteiger charge is -1.96. The van der Waals surface area contributed by atoms with Crippen LogP contribution in [0.5, 0.6) is 5.75 Å². The number of aryl methyl sites for hydroxylation is 1. The van der Waals surface area contributed by atoms with Crippen LogP contribution in [0.4, 0.5) is 0 Å². The Bertz CT molecular complexity index is 560. The third-order valence-electron chi connectivity index (χ3n) is 2.51. The van der Waals surface area contributed by atoms with E-state index < -0.39 is 0 Å². The highest BCUT2D eigenvalue weighted by atomic mass is 16.3. The van der Waals surface area contributed by atoms with Gasteiger partial charge in [0.05, 0.1) is 0 Å². The third kappa shape index (κ3) is 1.96. The second kappa shape index (κ2) is 4.19. The lowest BCUT2D eigenvalue weighted by molar-refractivity contribution is 0.467. The molecule has 2 aromatic carbocycles. The second-order valence-corrected chi connectivity index (χ2v) is 3.69. The zero-order chi connectivity index (χ0) is 11.5. The van der Waals surface area contributed by atoms with Gasteiger partial charge in [0.25, 0.3) is 0 Å². The minimum atomic E-state index is -0.346. The SMILES string of the molecule is Cc1ccc(-c2ccccc2)cc(=O)c1O. The maximum absolute atomic E-state index is 11.6. The van der Waals surface area contributed by atoms with Crippen LogP contribution < -0.4 is 5.43 Å². The van der Waals surface area contributed by atoms with E-state index in [2.05, 4.69) is 0 Å². The lowest BCUT2D eigenvalue weighted by Crippen LogP contribution is -1.95. The molecule has 16 heavy (non-hydrogen) atoms. The van der Waals surface area contributed by atoms with E-state index in [1.165, 1.54) is 6.07 Å². The van der Waals surface area contributed by atoms with Gasteiger partial charge in [0.1, 0.15) is 0 Å². The Morgan fingerprint density at radius 3 is 2.31 bits per heavy atom. The van der Waals surface area contributed by atoms with E-state index in [4.69, 9.17) is 0 Å². The van der Waals surface area contributed by atoms with Crippen LogP contribution in [0, 0.1) is 6.92 Å². The zero-order valence-electron chi connectivity index (χ0n) is 8.97. The fourth-order valence-electron chi connectivity index (χ4n) is 1.56. The van der Waals surface area contributed by atoms with Gasteiger partial charge in [0.15, 0.2) is 5.75 Å². The molecule has 0 spiro atoms. The molecule has 2 aromatic rings. The highest BCUT2D eigenvalue weighted by molar-refractivity contribution is 5.63. The summed E-state index contributed by atoms with van der Waals surface area (Å²) in [5.74, 6) is -0.179.